The zero-order valence-electron chi connectivity index (χ0n) is 8.25. The SMILES string of the molecule is COCC(C)C1CCCC1CN. The fraction of sp³-hybridized carbons (Fsp3) is 1.00. The molecule has 3 unspecified atom stereocenters. The molecule has 0 aliphatic heterocycles. The van der Waals surface area contributed by atoms with Gasteiger partial charge < -0.3 is 10.5 Å². The predicted octanol–water partition coefficient (Wildman–Crippen LogP) is 1.64. The third-order valence-corrected chi connectivity index (χ3v) is 3.18. The van der Waals surface area contributed by atoms with Gasteiger partial charge in [0.25, 0.3) is 0 Å². The maximum atomic E-state index is 5.72. The summed E-state index contributed by atoms with van der Waals surface area (Å²) in [5.41, 5.74) is 5.72. The summed E-state index contributed by atoms with van der Waals surface area (Å²) in [5.74, 6) is 2.26. The minimum Gasteiger partial charge on any atom is -0.384 e. The van der Waals surface area contributed by atoms with Crippen molar-refractivity contribution in [2.75, 3.05) is 20.3 Å². The molecule has 0 amide bonds. The lowest BCUT2D eigenvalue weighted by molar-refractivity contribution is 0.116. The topological polar surface area (TPSA) is 35.2 Å². The van der Waals surface area contributed by atoms with Crippen molar-refractivity contribution in [2.45, 2.75) is 26.2 Å². The van der Waals surface area contributed by atoms with Crippen molar-refractivity contribution >= 4 is 0 Å². The summed E-state index contributed by atoms with van der Waals surface area (Å²) >= 11 is 0. The summed E-state index contributed by atoms with van der Waals surface area (Å²) in [6.07, 6.45) is 4.04. The summed E-state index contributed by atoms with van der Waals surface area (Å²) in [6.45, 7) is 4.03. The first-order chi connectivity index (χ1) is 5.79. The third-order valence-electron chi connectivity index (χ3n) is 3.18. The van der Waals surface area contributed by atoms with Gasteiger partial charge in [-0.2, -0.15) is 0 Å². The fourth-order valence-corrected chi connectivity index (χ4v) is 2.49. The molecule has 0 bridgehead atoms. The van der Waals surface area contributed by atoms with Crippen LogP contribution in [0.2, 0.25) is 0 Å². The molecule has 1 fully saturated rings. The number of rotatable bonds is 4. The summed E-state index contributed by atoms with van der Waals surface area (Å²) in [5, 5.41) is 0. The van der Waals surface area contributed by atoms with Crippen LogP contribution in [0.3, 0.4) is 0 Å². The van der Waals surface area contributed by atoms with E-state index in [0.717, 1.165) is 25.0 Å². The van der Waals surface area contributed by atoms with E-state index in [0.29, 0.717) is 5.92 Å². The molecule has 2 nitrogen and oxygen atoms in total. The molecular formula is C10H21NO. The van der Waals surface area contributed by atoms with Crippen LogP contribution in [0.1, 0.15) is 26.2 Å². The molecule has 2 N–H and O–H groups in total. The van der Waals surface area contributed by atoms with Crippen LogP contribution in [-0.4, -0.2) is 20.3 Å². The van der Waals surface area contributed by atoms with E-state index >= 15 is 0 Å². The highest BCUT2D eigenvalue weighted by Gasteiger charge is 2.30. The predicted molar refractivity (Wildman–Crippen MR) is 50.9 cm³/mol. The van der Waals surface area contributed by atoms with Gasteiger partial charge in [-0.1, -0.05) is 13.3 Å². The van der Waals surface area contributed by atoms with Crippen LogP contribution in [0.15, 0.2) is 0 Å². The Hall–Kier alpha value is -0.0800. The number of nitrogens with two attached hydrogens (primary N) is 1. The van der Waals surface area contributed by atoms with Gasteiger partial charge in [-0.05, 0) is 37.1 Å². The summed E-state index contributed by atoms with van der Waals surface area (Å²) in [4.78, 5) is 0. The molecule has 1 aliphatic rings. The Balaban J connectivity index is 2.38. The van der Waals surface area contributed by atoms with Gasteiger partial charge in [-0.3, -0.25) is 0 Å². The van der Waals surface area contributed by atoms with E-state index in [4.69, 9.17) is 10.5 Å². The Kier molecular flexibility index (Phi) is 4.02. The summed E-state index contributed by atoms with van der Waals surface area (Å²) < 4.78 is 5.17. The van der Waals surface area contributed by atoms with Crippen molar-refractivity contribution in [2.24, 2.45) is 23.5 Å². The van der Waals surface area contributed by atoms with E-state index in [9.17, 15) is 0 Å². The first-order valence-corrected chi connectivity index (χ1v) is 4.98. The van der Waals surface area contributed by atoms with E-state index in [-0.39, 0.29) is 0 Å². The van der Waals surface area contributed by atoms with Gasteiger partial charge in [-0.15, -0.1) is 0 Å². The van der Waals surface area contributed by atoms with Crippen LogP contribution in [-0.2, 0) is 4.74 Å². The molecule has 0 spiro atoms. The van der Waals surface area contributed by atoms with Crippen molar-refractivity contribution in [1.82, 2.24) is 0 Å². The molecule has 0 radical (unpaired) electrons. The number of ether oxygens (including phenoxy) is 1. The Bertz CT molecular complexity index is 127. The fourth-order valence-electron chi connectivity index (χ4n) is 2.49. The third kappa shape index (κ3) is 2.20. The average molecular weight is 171 g/mol. The highest BCUT2D eigenvalue weighted by atomic mass is 16.5. The molecule has 0 aromatic heterocycles. The molecule has 2 heteroatoms. The Morgan fingerprint density at radius 3 is 2.83 bits per heavy atom. The van der Waals surface area contributed by atoms with E-state index in [1.807, 2.05) is 0 Å². The highest BCUT2D eigenvalue weighted by Crippen LogP contribution is 2.36. The van der Waals surface area contributed by atoms with E-state index < -0.39 is 0 Å². The van der Waals surface area contributed by atoms with Crippen molar-refractivity contribution in [1.29, 1.82) is 0 Å². The summed E-state index contributed by atoms with van der Waals surface area (Å²) in [7, 11) is 1.78. The van der Waals surface area contributed by atoms with Crippen LogP contribution in [0, 0.1) is 17.8 Å². The van der Waals surface area contributed by atoms with Gasteiger partial charge >= 0.3 is 0 Å². The monoisotopic (exact) mass is 171 g/mol. The lowest BCUT2D eigenvalue weighted by Crippen LogP contribution is -2.25. The molecule has 12 heavy (non-hydrogen) atoms. The summed E-state index contributed by atoms with van der Waals surface area (Å²) in [6, 6.07) is 0. The second-order valence-electron chi connectivity index (χ2n) is 4.02. The van der Waals surface area contributed by atoms with Crippen molar-refractivity contribution in [3.8, 4) is 0 Å². The first kappa shape index (κ1) is 10.0. The molecule has 1 rings (SSSR count). The van der Waals surface area contributed by atoms with Gasteiger partial charge in [0.1, 0.15) is 0 Å². The number of hydrogen-bond acceptors (Lipinski definition) is 2. The number of methoxy groups -OCH3 is 1. The molecule has 0 heterocycles. The Morgan fingerprint density at radius 1 is 1.50 bits per heavy atom. The van der Waals surface area contributed by atoms with Gasteiger partial charge in [0.2, 0.25) is 0 Å². The van der Waals surface area contributed by atoms with Crippen LogP contribution < -0.4 is 5.73 Å². The smallest absolute Gasteiger partial charge is 0.0490 e. The molecule has 1 saturated carbocycles. The quantitative estimate of drug-likeness (QED) is 0.698. The van der Waals surface area contributed by atoms with E-state index in [2.05, 4.69) is 6.92 Å². The van der Waals surface area contributed by atoms with Crippen LogP contribution in [0.5, 0.6) is 0 Å². The number of hydrogen-bond donors (Lipinski definition) is 1. The van der Waals surface area contributed by atoms with Gasteiger partial charge in [0.15, 0.2) is 0 Å². The lowest BCUT2D eigenvalue weighted by atomic mass is 9.85. The Morgan fingerprint density at radius 2 is 2.25 bits per heavy atom. The maximum Gasteiger partial charge on any atom is 0.0490 e. The van der Waals surface area contributed by atoms with Crippen LogP contribution >= 0.6 is 0 Å². The normalized spacial score (nSPS) is 32.2. The second-order valence-corrected chi connectivity index (χ2v) is 4.02. The maximum absolute atomic E-state index is 5.72. The van der Waals surface area contributed by atoms with Crippen molar-refractivity contribution in [3.63, 3.8) is 0 Å². The molecule has 0 aromatic rings. The molecule has 3 atom stereocenters. The molecule has 0 aromatic carbocycles. The second kappa shape index (κ2) is 4.83. The van der Waals surface area contributed by atoms with E-state index in [1.54, 1.807) is 7.11 Å². The van der Waals surface area contributed by atoms with Gasteiger partial charge in [-0.25, -0.2) is 0 Å². The largest absolute Gasteiger partial charge is 0.384 e. The van der Waals surface area contributed by atoms with E-state index in [1.165, 1.54) is 19.3 Å². The minimum atomic E-state index is 0.686. The van der Waals surface area contributed by atoms with Crippen molar-refractivity contribution in [3.05, 3.63) is 0 Å². The van der Waals surface area contributed by atoms with Gasteiger partial charge in [0.05, 0.1) is 0 Å². The minimum absolute atomic E-state index is 0.686. The highest BCUT2D eigenvalue weighted by molar-refractivity contribution is 4.81. The molecule has 1 aliphatic carbocycles. The molecular weight excluding hydrogens is 150 g/mol. The zero-order chi connectivity index (χ0) is 8.97. The zero-order valence-corrected chi connectivity index (χ0v) is 8.25. The van der Waals surface area contributed by atoms with Crippen LogP contribution in [0.4, 0.5) is 0 Å². The van der Waals surface area contributed by atoms with Crippen LogP contribution in [0.25, 0.3) is 0 Å². The molecule has 0 saturated heterocycles. The average Bonchev–Trinajstić information content (AvgIpc) is 2.51. The standard InChI is InChI=1S/C10H21NO/c1-8(7-12-2)10-5-3-4-9(10)6-11/h8-10H,3-7,11H2,1-2H3. The Labute approximate surface area is 75.5 Å². The first-order valence-electron chi connectivity index (χ1n) is 4.98. The van der Waals surface area contributed by atoms with Gasteiger partial charge in [0, 0.05) is 13.7 Å². The van der Waals surface area contributed by atoms with Crippen molar-refractivity contribution < 1.29 is 4.74 Å². The lowest BCUT2D eigenvalue weighted by Gasteiger charge is -2.24. The molecule has 72 valence electrons.